The minimum Gasteiger partial charge on any atom is -0.140 e. The standard InChI is InChI=1S/C16H20S/c1-5-14-10-11-15(17-14)12-6-8-13(9-7-12)16(2,3)4/h6-11H,5H2,1-4H3. The van der Waals surface area contributed by atoms with Crippen LogP contribution in [-0.2, 0) is 11.8 Å². The van der Waals surface area contributed by atoms with Crippen molar-refractivity contribution in [3.05, 3.63) is 46.8 Å². The molecule has 1 heteroatoms. The molecule has 0 aliphatic rings. The Morgan fingerprint density at radius 3 is 2.06 bits per heavy atom. The van der Waals surface area contributed by atoms with Crippen molar-refractivity contribution in [2.24, 2.45) is 0 Å². The van der Waals surface area contributed by atoms with Crippen LogP contribution in [0.5, 0.6) is 0 Å². The van der Waals surface area contributed by atoms with E-state index >= 15 is 0 Å². The topological polar surface area (TPSA) is 0 Å². The van der Waals surface area contributed by atoms with E-state index in [0.717, 1.165) is 6.42 Å². The van der Waals surface area contributed by atoms with Gasteiger partial charge >= 0.3 is 0 Å². The summed E-state index contributed by atoms with van der Waals surface area (Å²) in [6, 6.07) is 13.5. The van der Waals surface area contributed by atoms with Gasteiger partial charge < -0.3 is 0 Å². The number of benzene rings is 1. The Bertz CT molecular complexity index is 483. The molecule has 0 aliphatic heterocycles. The lowest BCUT2D eigenvalue weighted by atomic mass is 9.86. The van der Waals surface area contributed by atoms with Gasteiger partial charge in [0.1, 0.15) is 0 Å². The van der Waals surface area contributed by atoms with Crippen LogP contribution in [0.25, 0.3) is 10.4 Å². The van der Waals surface area contributed by atoms with Crippen molar-refractivity contribution in [1.29, 1.82) is 0 Å². The van der Waals surface area contributed by atoms with Crippen LogP contribution < -0.4 is 0 Å². The van der Waals surface area contributed by atoms with E-state index in [4.69, 9.17) is 0 Å². The molecule has 0 unspecified atom stereocenters. The van der Waals surface area contributed by atoms with Crippen LogP contribution in [0.15, 0.2) is 36.4 Å². The molecule has 90 valence electrons. The molecule has 0 nitrogen and oxygen atoms in total. The SMILES string of the molecule is CCc1ccc(-c2ccc(C(C)(C)C)cc2)s1. The molecule has 0 bridgehead atoms. The van der Waals surface area contributed by atoms with Gasteiger partial charge in [0.05, 0.1) is 0 Å². The molecular weight excluding hydrogens is 224 g/mol. The first-order chi connectivity index (χ1) is 8.00. The molecule has 0 aliphatic carbocycles. The van der Waals surface area contributed by atoms with E-state index in [1.807, 2.05) is 11.3 Å². The zero-order chi connectivity index (χ0) is 12.5. The first-order valence-electron chi connectivity index (χ1n) is 6.20. The zero-order valence-corrected chi connectivity index (χ0v) is 11.9. The highest BCUT2D eigenvalue weighted by atomic mass is 32.1. The summed E-state index contributed by atoms with van der Waals surface area (Å²) in [6.07, 6.45) is 1.13. The van der Waals surface area contributed by atoms with Gasteiger partial charge in [0.15, 0.2) is 0 Å². The molecule has 1 aromatic heterocycles. The summed E-state index contributed by atoms with van der Waals surface area (Å²) < 4.78 is 0. The Balaban J connectivity index is 2.29. The van der Waals surface area contributed by atoms with Crippen LogP contribution in [0.2, 0.25) is 0 Å². The molecule has 1 aromatic carbocycles. The summed E-state index contributed by atoms with van der Waals surface area (Å²) in [6.45, 7) is 8.96. The molecule has 0 N–H and O–H groups in total. The molecule has 2 aromatic rings. The highest BCUT2D eigenvalue weighted by Crippen LogP contribution is 2.30. The lowest BCUT2D eigenvalue weighted by Crippen LogP contribution is -2.10. The van der Waals surface area contributed by atoms with E-state index in [-0.39, 0.29) is 5.41 Å². The monoisotopic (exact) mass is 244 g/mol. The van der Waals surface area contributed by atoms with Gasteiger partial charge in [-0.15, -0.1) is 11.3 Å². The number of hydrogen-bond acceptors (Lipinski definition) is 1. The highest BCUT2D eigenvalue weighted by Gasteiger charge is 2.13. The second kappa shape index (κ2) is 4.66. The predicted molar refractivity (Wildman–Crippen MR) is 77.8 cm³/mol. The van der Waals surface area contributed by atoms with Gasteiger partial charge in [-0.05, 0) is 35.1 Å². The van der Waals surface area contributed by atoms with Crippen molar-refractivity contribution in [3.8, 4) is 10.4 Å². The van der Waals surface area contributed by atoms with Crippen molar-refractivity contribution in [1.82, 2.24) is 0 Å². The fourth-order valence-corrected chi connectivity index (χ4v) is 2.81. The molecular formula is C16H20S. The Labute approximate surface area is 108 Å². The number of aryl methyl sites for hydroxylation is 1. The molecule has 0 spiro atoms. The molecule has 17 heavy (non-hydrogen) atoms. The number of rotatable bonds is 2. The van der Waals surface area contributed by atoms with Crippen LogP contribution in [0.1, 0.15) is 38.1 Å². The summed E-state index contributed by atoms with van der Waals surface area (Å²) in [5, 5.41) is 0. The fourth-order valence-electron chi connectivity index (χ4n) is 1.86. The van der Waals surface area contributed by atoms with Gasteiger partial charge in [0.2, 0.25) is 0 Å². The second-order valence-corrected chi connectivity index (χ2v) is 6.62. The van der Waals surface area contributed by atoms with Gasteiger partial charge in [-0.1, -0.05) is 52.0 Å². The van der Waals surface area contributed by atoms with Crippen LogP contribution >= 0.6 is 11.3 Å². The van der Waals surface area contributed by atoms with E-state index in [1.54, 1.807) is 0 Å². The number of hydrogen-bond donors (Lipinski definition) is 0. The smallest absolute Gasteiger partial charge is 0.0345 e. The maximum absolute atomic E-state index is 2.25. The van der Waals surface area contributed by atoms with Crippen LogP contribution in [-0.4, -0.2) is 0 Å². The molecule has 0 amide bonds. The quantitative estimate of drug-likeness (QED) is 0.674. The summed E-state index contributed by atoms with van der Waals surface area (Å²) in [4.78, 5) is 2.84. The highest BCUT2D eigenvalue weighted by molar-refractivity contribution is 7.15. The number of thiophene rings is 1. The van der Waals surface area contributed by atoms with Gasteiger partial charge in [0.25, 0.3) is 0 Å². The average molecular weight is 244 g/mol. The molecule has 1 heterocycles. The van der Waals surface area contributed by atoms with Gasteiger partial charge in [-0.2, -0.15) is 0 Å². The van der Waals surface area contributed by atoms with E-state index in [1.165, 1.54) is 20.9 Å². The minimum atomic E-state index is 0.239. The van der Waals surface area contributed by atoms with Gasteiger partial charge in [0, 0.05) is 9.75 Å². The van der Waals surface area contributed by atoms with Crippen LogP contribution in [0, 0.1) is 0 Å². The molecule has 0 radical (unpaired) electrons. The second-order valence-electron chi connectivity index (χ2n) is 5.45. The maximum Gasteiger partial charge on any atom is 0.0345 e. The van der Waals surface area contributed by atoms with Crippen LogP contribution in [0.3, 0.4) is 0 Å². The molecule has 0 atom stereocenters. The predicted octanol–water partition coefficient (Wildman–Crippen LogP) is 5.28. The first kappa shape index (κ1) is 12.4. The largest absolute Gasteiger partial charge is 0.140 e. The van der Waals surface area contributed by atoms with Crippen molar-refractivity contribution < 1.29 is 0 Å². The van der Waals surface area contributed by atoms with Crippen molar-refractivity contribution >= 4 is 11.3 Å². The normalized spacial score (nSPS) is 11.8. The Hall–Kier alpha value is -1.08. The maximum atomic E-state index is 2.25. The molecule has 0 fully saturated rings. The fraction of sp³-hybridized carbons (Fsp3) is 0.375. The van der Waals surface area contributed by atoms with E-state index in [9.17, 15) is 0 Å². The molecule has 0 saturated carbocycles. The van der Waals surface area contributed by atoms with E-state index in [2.05, 4.69) is 64.1 Å². The Kier molecular flexibility index (Phi) is 3.39. The molecule has 2 rings (SSSR count). The summed E-state index contributed by atoms with van der Waals surface area (Å²) >= 11 is 1.90. The minimum absolute atomic E-state index is 0.239. The van der Waals surface area contributed by atoms with Gasteiger partial charge in [-0.25, -0.2) is 0 Å². The zero-order valence-electron chi connectivity index (χ0n) is 11.1. The summed E-state index contributed by atoms with van der Waals surface area (Å²) in [7, 11) is 0. The van der Waals surface area contributed by atoms with Crippen molar-refractivity contribution in [2.75, 3.05) is 0 Å². The van der Waals surface area contributed by atoms with E-state index in [0.29, 0.717) is 0 Å². The first-order valence-corrected chi connectivity index (χ1v) is 7.02. The Morgan fingerprint density at radius 2 is 1.59 bits per heavy atom. The third kappa shape index (κ3) is 2.78. The third-order valence-corrected chi connectivity index (χ3v) is 4.32. The van der Waals surface area contributed by atoms with Crippen LogP contribution in [0.4, 0.5) is 0 Å². The lowest BCUT2D eigenvalue weighted by Gasteiger charge is -2.18. The average Bonchev–Trinajstić information content (AvgIpc) is 2.76. The summed E-state index contributed by atoms with van der Waals surface area (Å²) in [5.74, 6) is 0. The lowest BCUT2D eigenvalue weighted by molar-refractivity contribution is 0.590. The van der Waals surface area contributed by atoms with Gasteiger partial charge in [-0.3, -0.25) is 0 Å². The Morgan fingerprint density at radius 1 is 0.941 bits per heavy atom. The molecule has 0 saturated heterocycles. The summed E-state index contributed by atoms with van der Waals surface area (Å²) in [5.41, 5.74) is 2.97. The third-order valence-electron chi connectivity index (χ3n) is 3.05. The van der Waals surface area contributed by atoms with Crippen molar-refractivity contribution in [3.63, 3.8) is 0 Å². The van der Waals surface area contributed by atoms with Crippen molar-refractivity contribution in [2.45, 2.75) is 39.5 Å². The van der Waals surface area contributed by atoms with E-state index < -0.39 is 0 Å².